The fourth-order valence-electron chi connectivity index (χ4n) is 1.65. The van der Waals surface area contributed by atoms with Gasteiger partial charge >= 0.3 is 6.18 Å². The summed E-state index contributed by atoms with van der Waals surface area (Å²) in [6, 6.07) is 5.15. The van der Waals surface area contributed by atoms with Crippen molar-refractivity contribution in [3.05, 3.63) is 63.6 Å². The lowest BCUT2D eigenvalue weighted by Crippen LogP contribution is -2.15. The largest absolute Gasteiger partial charge is 0.416 e. The Bertz CT molecular complexity index is 730. The molecule has 2 aromatic carbocycles. The predicted octanol–water partition coefficient (Wildman–Crippen LogP) is 5.00. The van der Waals surface area contributed by atoms with Crippen molar-refractivity contribution in [2.45, 2.75) is 6.18 Å². The van der Waals surface area contributed by atoms with Crippen LogP contribution in [0.15, 0.2) is 40.9 Å². The van der Waals surface area contributed by atoms with Crippen molar-refractivity contribution in [1.82, 2.24) is 0 Å². The van der Waals surface area contributed by atoms with Crippen LogP contribution in [0.3, 0.4) is 0 Å². The maximum absolute atomic E-state index is 13.6. The van der Waals surface area contributed by atoms with Crippen molar-refractivity contribution in [1.29, 1.82) is 0 Å². The number of halogens is 6. The Morgan fingerprint density at radius 1 is 1.05 bits per heavy atom. The first kappa shape index (κ1) is 16.4. The SMILES string of the molecule is O=C(Nc1cc(F)c(Br)cc1F)c1cccc(C(F)(F)F)c1. The van der Waals surface area contributed by atoms with Gasteiger partial charge in [-0.2, -0.15) is 13.2 Å². The second-order valence-electron chi connectivity index (χ2n) is 4.28. The standard InChI is InChI=1S/C14H7BrF5NO/c15-9-5-11(17)12(6-10(9)16)21-13(22)7-2-1-3-8(4-7)14(18,19)20/h1-6H,(H,21,22). The number of carbonyl (C=O) groups excluding carboxylic acids is 1. The van der Waals surface area contributed by atoms with Gasteiger partial charge in [-0.15, -0.1) is 0 Å². The van der Waals surface area contributed by atoms with Crippen LogP contribution in [0.5, 0.6) is 0 Å². The van der Waals surface area contributed by atoms with E-state index in [1.54, 1.807) is 0 Å². The maximum atomic E-state index is 13.6. The molecule has 0 aliphatic carbocycles. The zero-order valence-electron chi connectivity index (χ0n) is 10.6. The number of hydrogen-bond acceptors (Lipinski definition) is 1. The van der Waals surface area contributed by atoms with Crippen LogP contribution in [-0.4, -0.2) is 5.91 Å². The van der Waals surface area contributed by atoms with Crippen LogP contribution < -0.4 is 5.32 Å². The van der Waals surface area contributed by atoms with Crippen LogP contribution in [0, 0.1) is 11.6 Å². The summed E-state index contributed by atoms with van der Waals surface area (Å²) in [7, 11) is 0. The van der Waals surface area contributed by atoms with Crippen LogP contribution in [-0.2, 0) is 6.18 Å². The van der Waals surface area contributed by atoms with Gasteiger partial charge in [0.05, 0.1) is 15.7 Å². The second-order valence-corrected chi connectivity index (χ2v) is 5.13. The van der Waals surface area contributed by atoms with Gasteiger partial charge in [0.25, 0.3) is 5.91 Å². The minimum atomic E-state index is -4.61. The zero-order valence-corrected chi connectivity index (χ0v) is 12.2. The third-order valence-corrected chi connectivity index (χ3v) is 3.32. The summed E-state index contributed by atoms with van der Waals surface area (Å²) in [4.78, 5) is 11.9. The van der Waals surface area contributed by atoms with Gasteiger partial charge in [0.15, 0.2) is 0 Å². The molecule has 2 aromatic rings. The van der Waals surface area contributed by atoms with Gasteiger partial charge in [0.1, 0.15) is 11.6 Å². The number of rotatable bonds is 2. The van der Waals surface area contributed by atoms with E-state index in [1.807, 2.05) is 5.32 Å². The molecule has 8 heteroatoms. The molecule has 0 atom stereocenters. The molecule has 0 saturated carbocycles. The monoisotopic (exact) mass is 379 g/mol. The van der Waals surface area contributed by atoms with Crippen molar-refractivity contribution >= 4 is 27.5 Å². The summed E-state index contributed by atoms with van der Waals surface area (Å²) >= 11 is 2.77. The fraction of sp³-hybridized carbons (Fsp3) is 0.0714. The highest BCUT2D eigenvalue weighted by atomic mass is 79.9. The molecular weight excluding hydrogens is 373 g/mol. The number of amides is 1. The van der Waals surface area contributed by atoms with E-state index in [1.165, 1.54) is 0 Å². The molecular formula is C14H7BrF5NO. The number of anilines is 1. The topological polar surface area (TPSA) is 29.1 Å². The van der Waals surface area contributed by atoms with E-state index in [0.717, 1.165) is 30.3 Å². The highest BCUT2D eigenvalue weighted by Gasteiger charge is 2.30. The van der Waals surface area contributed by atoms with E-state index >= 15 is 0 Å². The van der Waals surface area contributed by atoms with Gasteiger partial charge in [0.2, 0.25) is 0 Å². The van der Waals surface area contributed by atoms with E-state index < -0.39 is 35.0 Å². The lowest BCUT2D eigenvalue weighted by Gasteiger charge is -2.10. The van der Waals surface area contributed by atoms with Crippen LogP contribution in [0.1, 0.15) is 15.9 Å². The molecule has 0 radical (unpaired) electrons. The molecule has 116 valence electrons. The van der Waals surface area contributed by atoms with Gasteiger partial charge < -0.3 is 5.32 Å². The Hall–Kier alpha value is -1.96. The average molecular weight is 380 g/mol. The summed E-state index contributed by atoms with van der Waals surface area (Å²) in [5.41, 5.74) is -1.80. The molecule has 0 aliphatic rings. The van der Waals surface area contributed by atoms with Crippen LogP contribution in [0.4, 0.5) is 27.6 Å². The van der Waals surface area contributed by atoms with Crippen LogP contribution in [0.2, 0.25) is 0 Å². The molecule has 0 fully saturated rings. The highest BCUT2D eigenvalue weighted by molar-refractivity contribution is 9.10. The Morgan fingerprint density at radius 3 is 2.36 bits per heavy atom. The molecule has 1 amide bonds. The second kappa shape index (κ2) is 6.04. The van der Waals surface area contributed by atoms with Crippen LogP contribution in [0.25, 0.3) is 0 Å². The van der Waals surface area contributed by atoms with Gasteiger partial charge in [-0.1, -0.05) is 6.07 Å². The first-order valence-corrected chi connectivity index (χ1v) is 6.61. The fourth-order valence-corrected chi connectivity index (χ4v) is 1.97. The molecule has 0 aromatic heterocycles. The molecule has 22 heavy (non-hydrogen) atoms. The third kappa shape index (κ3) is 3.62. The maximum Gasteiger partial charge on any atom is 0.416 e. The van der Waals surface area contributed by atoms with Crippen molar-refractivity contribution in [2.24, 2.45) is 0 Å². The third-order valence-electron chi connectivity index (χ3n) is 2.71. The summed E-state index contributed by atoms with van der Waals surface area (Å²) in [6.45, 7) is 0. The van der Waals surface area contributed by atoms with Crippen molar-refractivity contribution in [3.8, 4) is 0 Å². The Morgan fingerprint density at radius 2 is 1.73 bits per heavy atom. The normalized spacial score (nSPS) is 11.4. The predicted molar refractivity (Wildman–Crippen MR) is 73.5 cm³/mol. The average Bonchev–Trinajstić information content (AvgIpc) is 2.44. The first-order chi connectivity index (χ1) is 10.2. The van der Waals surface area contributed by atoms with Crippen molar-refractivity contribution < 1.29 is 26.7 Å². The first-order valence-electron chi connectivity index (χ1n) is 5.81. The number of hydrogen-bond donors (Lipinski definition) is 1. The summed E-state index contributed by atoms with van der Waals surface area (Å²) in [5, 5.41) is 2.03. The number of benzene rings is 2. The Labute approximate surface area is 130 Å². The number of alkyl halides is 3. The number of carbonyl (C=O) groups is 1. The smallest absolute Gasteiger partial charge is 0.319 e. The van der Waals surface area contributed by atoms with E-state index in [2.05, 4.69) is 15.9 Å². The minimum absolute atomic E-state index is 0.137. The van der Waals surface area contributed by atoms with Gasteiger partial charge in [0, 0.05) is 11.6 Å². The van der Waals surface area contributed by atoms with Crippen LogP contribution >= 0.6 is 15.9 Å². The minimum Gasteiger partial charge on any atom is -0.319 e. The van der Waals surface area contributed by atoms with Crippen molar-refractivity contribution in [2.75, 3.05) is 5.32 Å². The van der Waals surface area contributed by atoms with E-state index in [4.69, 9.17) is 0 Å². The summed E-state index contributed by atoms with van der Waals surface area (Å²) < 4.78 is 64.5. The number of nitrogens with one attached hydrogen (secondary N) is 1. The van der Waals surface area contributed by atoms with E-state index in [0.29, 0.717) is 6.07 Å². The quantitative estimate of drug-likeness (QED) is 0.577. The molecule has 0 bridgehead atoms. The Balaban J connectivity index is 2.29. The van der Waals surface area contributed by atoms with E-state index in [-0.39, 0.29) is 10.0 Å². The van der Waals surface area contributed by atoms with Crippen molar-refractivity contribution in [3.63, 3.8) is 0 Å². The van der Waals surface area contributed by atoms with E-state index in [9.17, 15) is 26.7 Å². The molecule has 0 saturated heterocycles. The molecule has 0 spiro atoms. The summed E-state index contributed by atoms with van der Waals surface area (Å²) in [5.74, 6) is -2.72. The zero-order chi connectivity index (χ0) is 16.5. The molecule has 2 rings (SSSR count). The summed E-state index contributed by atoms with van der Waals surface area (Å²) in [6.07, 6.45) is -4.61. The molecule has 1 N–H and O–H groups in total. The lowest BCUT2D eigenvalue weighted by atomic mass is 10.1. The molecule has 0 heterocycles. The van der Waals surface area contributed by atoms with Gasteiger partial charge in [-0.25, -0.2) is 8.78 Å². The van der Waals surface area contributed by atoms with Gasteiger partial charge in [-0.05, 0) is 40.2 Å². The Kier molecular flexibility index (Phi) is 4.50. The molecule has 2 nitrogen and oxygen atoms in total. The highest BCUT2D eigenvalue weighted by Crippen LogP contribution is 2.30. The molecule has 0 aliphatic heterocycles. The lowest BCUT2D eigenvalue weighted by molar-refractivity contribution is -0.137. The van der Waals surface area contributed by atoms with Gasteiger partial charge in [-0.3, -0.25) is 4.79 Å². The molecule has 0 unspecified atom stereocenters.